The summed E-state index contributed by atoms with van der Waals surface area (Å²) in [5, 5.41) is 9.47. The van der Waals surface area contributed by atoms with Crippen LogP contribution >= 0.6 is 0 Å². The first-order valence-corrected chi connectivity index (χ1v) is 8.73. The summed E-state index contributed by atoms with van der Waals surface area (Å²) in [6.45, 7) is 7.02. The van der Waals surface area contributed by atoms with Crippen LogP contribution < -0.4 is 4.72 Å². The van der Waals surface area contributed by atoms with E-state index >= 15 is 0 Å². The van der Waals surface area contributed by atoms with Crippen LogP contribution in [0.2, 0.25) is 0 Å². The quantitative estimate of drug-likeness (QED) is 0.757. The van der Waals surface area contributed by atoms with E-state index in [-0.39, 0.29) is 12.5 Å². The van der Waals surface area contributed by atoms with E-state index in [9.17, 15) is 23.1 Å². The van der Waals surface area contributed by atoms with Crippen molar-refractivity contribution in [2.75, 3.05) is 19.3 Å². The van der Waals surface area contributed by atoms with Crippen LogP contribution in [0.1, 0.15) is 34.1 Å². The molecule has 1 atom stereocenters. The van der Waals surface area contributed by atoms with Crippen molar-refractivity contribution in [3.05, 3.63) is 0 Å². The molecular formula is C13H24N2O5S. The number of carboxylic acids is 1. The van der Waals surface area contributed by atoms with Gasteiger partial charge in [-0.15, -0.1) is 0 Å². The molecule has 1 saturated heterocycles. The largest absolute Gasteiger partial charge is 0.481 e. The molecule has 0 saturated carbocycles. The summed E-state index contributed by atoms with van der Waals surface area (Å²) in [6.07, 6.45) is 1.36. The van der Waals surface area contributed by atoms with Crippen LogP contribution in [-0.4, -0.2) is 55.2 Å². The number of carboxylic acid groups (broad SMARTS) is 1. The summed E-state index contributed by atoms with van der Waals surface area (Å²) in [5.41, 5.74) is -2.25. The highest BCUT2D eigenvalue weighted by molar-refractivity contribution is 7.88. The number of nitrogens with zero attached hydrogens (tertiary/aromatic N) is 1. The molecule has 0 spiro atoms. The third-order valence-electron chi connectivity index (χ3n) is 4.09. The van der Waals surface area contributed by atoms with Crippen molar-refractivity contribution >= 4 is 21.9 Å². The van der Waals surface area contributed by atoms with E-state index in [4.69, 9.17) is 0 Å². The Morgan fingerprint density at radius 2 is 1.86 bits per heavy atom. The predicted molar refractivity (Wildman–Crippen MR) is 78.2 cm³/mol. The maximum atomic E-state index is 12.5. The van der Waals surface area contributed by atoms with Crippen LogP contribution in [0.3, 0.4) is 0 Å². The molecule has 0 aromatic rings. The average Bonchev–Trinajstić information content (AvgIpc) is 2.70. The molecule has 1 rings (SSSR count). The topological polar surface area (TPSA) is 104 Å². The molecule has 1 unspecified atom stereocenters. The van der Waals surface area contributed by atoms with Gasteiger partial charge in [0.1, 0.15) is 5.54 Å². The van der Waals surface area contributed by atoms with Gasteiger partial charge in [0.15, 0.2) is 0 Å². The van der Waals surface area contributed by atoms with E-state index < -0.39 is 32.9 Å². The fraction of sp³-hybridized carbons (Fsp3) is 0.846. The lowest BCUT2D eigenvalue weighted by atomic mass is 9.76. The molecule has 0 aromatic heterocycles. The Morgan fingerprint density at radius 3 is 2.19 bits per heavy atom. The van der Waals surface area contributed by atoms with Gasteiger partial charge in [-0.1, -0.05) is 13.8 Å². The standard InChI is InChI=1S/C13H24N2O5S/c1-9(2)13(11(17)18)6-7-15(8-13)10(16)12(3,4)14-21(5,19)20/h9,14H,6-8H2,1-5H3,(H,17,18). The molecule has 122 valence electrons. The molecule has 21 heavy (non-hydrogen) atoms. The zero-order chi connectivity index (χ0) is 16.6. The second-order valence-electron chi connectivity index (χ2n) is 6.59. The van der Waals surface area contributed by atoms with Gasteiger partial charge in [0.2, 0.25) is 15.9 Å². The molecule has 1 amide bonds. The highest BCUT2D eigenvalue weighted by Gasteiger charge is 2.50. The highest BCUT2D eigenvalue weighted by atomic mass is 32.2. The van der Waals surface area contributed by atoms with E-state index in [1.165, 1.54) is 18.7 Å². The second kappa shape index (κ2) is 5.57. The lowest BCUT2D eigenvalue weighted by Crippen LogP contribution is -2.55. The molecule has 2 N–H and O–H groups in total. The maximum Gasteiger partial charge on any atom is 0.311 e. The summed E-state index contributed by atoms with van der Waals surface area (Å²) in [5.74, 6) is -1.43. The summed E-state index contributed by atoms with van der Waals surface area (Å²) in [6, 6.07) is 0. The van der Waals surface area contributed by atoms with Crippen molar-refractivity contribution in [3.63, 3.8) is 0 Å². The monoisotopic (exact) mass is 320 g/mol. The normalized spacial score (nSPS) is 23.6. The molecular weight excluding hydrogens is 296 g/mol. The van der Waals surface area contributed by atoms with Gasteiger partial charge in [0.05, 0.1) is 11.7 Å². The van der Waals surface area contributed by atoms with Gasteiger partial charge in [0.25, 0.3) is 0 Å². The summed E-state index contributed by atoms with van der Waals surface area (Å²) in [7, 11) is -3.53. The molecule has 0 aromatic carbocycles. The second-order valence-corrected chi connectivity index (χ2v) is 8.34. The van der Waals surface area contributed by atoms with Crippen LogP contribution in [0.5, 0.6) is 0 Å². The number of carbonyl (C=O) groups is 2. The number of carbonyl (C=O) groups excluding carboxylic acids is 1. The van der Waals surface area contributed by atoms with Crippen molar-refractivity contribution in [2.45, 2.75) is 39.7 Å². The molecule has 1 aliphatic rings. The number of hydrogen-bond donors (Lipinski definition) is 2. The van der Waals surface area contributed by atoms with Gasteiger partial charge in [-0.3, -0.25) is 9.59 Å². The number of aliphatic carboxylic acids is 1. The van der Waals surface area contributed by atoms with Gasteiger partial charge < -0.3 is 10.0 Å². The van der Waals surface area contributed by atoms with Gasteiger partial charge in [-0.05, 0) is 26.2 Å². The predicted octanol–water partition coefficient (Wildman–Crippen LogP) is 0.274. The van der Waals surface area contributed by atoms with Crippen molar-refractivity contribution in [1.82, 2.24) is 9.62 Å². The third-order valence-corrected chi connectivity index (χ3v) is 4.98. The number of hydrogen-bond acceptors (Lipinski definition) is 4. The van der Waals surface area contributed by atoms with E-state index in [1.807, 2.05) is 13.8 Å². The van der Waals surface area contributed by atoms with E-state index in [0.29, 0.717) is 13.0 Å². The van der Waals surface area contributed by atoms with Crippen molar-refractivity contribution in [1.29, 1.82) is 0 Å². The van der Waals surface area contributed by atoms with Crippen LogP contribution in [0.25, 0.3) is 0 Å². The first-order valence-electron chi connectivity index (χ1n) is 6.83. The number of nitrogens with one attached hydrogen (secondary N) is 1. The average molecular weight is 320 g/mol. The van der Waals surface area contributed by atoms with Crippen molar-refractivity contribution in [2.24, 2.45) is 11.3 Å². The highest BCUT2D eigenvalue weighted by Crippen LogP contribution is 2.38. The van der Waals surface area contributed by atoms with Crippen LogP contribution in [-0.2, 0) is 19.6 Å². The fourth-order valence-corrected chi connectivity index (χ4v) is 3.82. The molecule has 0 radical (unpaired) electrons. The minimum atomic E-state index is -3.53. The molecule has 1 fully saturated rings. The number of likely N-dealkylation sites (tertiary alicyclic amines) is 1. The van der Waals surface area contributed by atoms with E-state index in [1.54, 1.807) is 0 Å². The smallest absolute Gasteiger partial charge is 0.311 e. The molecule has 0 aliphatic carbocycles. The minimum Gasteiger partial charge on any atom is -0.481 e. The Bertz CT molecular complexity index is 541. The SMILES string of the molecule is CC(C)C1(C(=O)O)CCN(C(=O)C(C)(C)NS(C)(=O)=O)C1. The zero-order valence-electron chi connectivity index (χ0n) is 13.1. The minimum absolute atomic E-state index is 0.105. The summed E-state index contributed by atoms with van der Waals surface area (Å²) in [4.78, 5) is 25.5. The Morgan fingerprint density at radius 1 is 1.33 bits per heavy atom. The van der Waals surface area contributed by atoms with Gasteiger partial charge in [0, 0.05) is 13.1 Å². The lowest BCUT2D eigenvalue weighted by Gasteiger charge is -2.32. The Kier molecular flexibility index (Phi) is 4.74. The number of rotatable bonds is 5. The Labute approximate surface area is 125 Å². The number of amides is 1. The lowest BCUT2D eigenvalue weighted by molar-refractivity contribution is -0.151. The Hall–Kier alpha value is -1.15. The third kappa shape index (κ3) is 3.74. The zero-order valence-corrected chi connectivity index (χ0v) is 14.0. The summed E-state index contributed by atoms with van der Waals surface area (Å²) < 4.78 is 25.0. The van der Waals surface area contributed by atoms with Crippen LogP contribution in [0.4, 0.5) is 0 Å². The van der Waals surface area contributed by atoms with E-state index in [2.05, 4.69) is 4.72 Å². The fourth-order valence-electron chi connectivity index (χ4n) is 2.80. The first kappa shape index (κ1) is 17.9. The molecule has 0 bridgehead atoms. The Balaban J connectivity index is 2.95. The van der Waals surface area contributed by atoms with Gasteiger partial charge >= 0.3 is 5.97 Å². The van der Waals surface area contributed by atoms with Crippen molar-refractivity contribution < 1.29 is 23.1 Å². The maximum absolute atomic E-state index is 12.5. The number of sulfonamides is 1. The molecule has 7 nitrogen and oxygen atoms in total. The molecule has 1 aliphatic heterocycles. The van der Waals surface area contributed by atoms with Gasteiger partial charge in [-0.2, -0.15) is 0 Å². The van der Waals surface area contributed by atoms with Gasteiger partial charge in [-0.25, -0.2) is 13.1 Å². The summed E-state index contributed by atoms with van der Waals surface area (Å²) >= 11 is 0. The van der Waals surface area contributed by atoms with Crippen LogP contribution in [0.15, 0.2) is 0 Å². The van der Waals surface area contributed by atoms with Crippen LogP contribution in [0, 0.1) is 11.3 Å². The van der Waals surface area contributed by atoms with Crippen molar-refractivity contribution in [3.8, 4) is 0 Å². The first-order chi connectivity index (χ1) is 9.32. The van der Waals surface area contributed by atoms with E-state index in [0.717, 1.165) is 6.26 Å². The molecule has 8 heteroatoms. The molecule has 1 heterocycles.